The molecule has 0 aliphatic heterocycles. The first-order valence-corrected chi connectivity index (χ1v) is 7.96. The van der Waals surface area contributed by atoms with Crippen LogP contribution in [-0.2, 0) is 5.54 Å². The summed E-state index contributed by atoms with van der Waals surface area (Å²) in [6.07, 6.45) is 30.4. The summed E-state index contributed by atoms with van der Waals surface area (Å²) in [7, 11) is 0. The summed E-state index contributed by atoms with van der Waals surface area (Å²) in [6, 6.07) is 6.33. The zero-order valence-corrected chi connectivity index (χ0v) is 12.5. The van der Waals surface area contributed by atoms with E-state index in [1.54, 1.807) is 0 Å². The van der Waals surface area contributed by atoms with Gasteiger partial charge >= 0.3 is 0 Å². The third-order valence-electron chi connectivity index (χ3n) is 4.89. The first kappa shape index (κ1) is 13.3. The molecule has 0 fully saturated rings. The minimum Gasteiger partial charge on any atom is -0.194 e. The van der Waals surface area contributed by atoms with Crippen molar-refractivity contribution >= 4 is 0 Å². The molecule has 0 spiro atoms. The SMILES string of the molecule is C1=CC(C(C2=CCC=C2)(C2C=CC=C2)[n+]2ccccc2)C=C1. The number of rotatable bonds is 4. The van der Waals surface area contributed by atoms with Crippen molar-refractivity contribution in [1.29, 1.82) is 0 Å². The molecular weight excluding hydrogens is 266 g/mol. The van der Waals surface area contributed by atoms with Gasteiger partial charge in [0, 0.05) is 17.7 Å². The number of nitrogens with zero attached hydrogens (tertiary/aromatic N) is 1. The molecule has 22 heavy (non-hydrogen) atoms. The molecule has 0 amide bonds. The summed E-state index contributed by atoms with van der Waals surface area (Å²) in [5.74, 6) is 0.706. The fraction of sp³-hybridized carbons (Fsp3) is 0.190. The molecule has 108 valence electrons. The van der Waals surface area contributed by atoms with Crippen LogP contribution in [0.25, 0.3) is 0 Å². The Morgan fingerprint density at radius 1 is 0.818 bits per heavy atom. The van der Waals surface area contributed by atoms with E-state index in [9.17, 15) is 0 Å². The molecule has 0 unspecified atom stereocenters. The van der Waals surface area contributed by atoms with E-state index in [0.717, 1.165) is 6.42 Å². The van der Waals surface area contributed by atoms with Crippen molar-refractivity contribution in [2.45, 2.75) is 12.0 Å². The Labute approximate surface area is 132 Å². The van der Waals surface area contributed by atoms with Gasteiger partial charge in [-0.1, -0.05) is 72.9 Å². The molecule has 0 radical (unpaired) electrons. The first-order chi connectivity index (χ1) is 10.9. The monoisotopic (exact) mass is 286 g/mol. The molecule has 1 aromatic rings. The van der Waals surface area contributed by atoms with Crippen LogP contribution in [0, 0.1) is 11.8 Å². The van der Waals surface area contributed by atoms with Gasteiger partial charge in [-0.25, -0.2) is 0 Å². The molecule has 0 aromatic carbocycles. The van der Waals surface area contributed by atoms with E-state index in [-0.39, 0.29) is 5.54 Å². The van der Waals surface area contributed by atoms with Gasteiger partial charge in [-0.15, -0.1) is 0 Å². The van der Waals surface area contributed by atoms with Crippen molar-refractivity contribution in [3.8, 4) is 0 Å². The number of pyridine rings is 1. The fourth-order valence-corrected chi connectivity index (χ4v) is 3.95. The predicted octanol–water partition coefficient (Wildman–Crippen LogP) is 4.04. The molecule has 0 saturated heterocycles. The second kappa shape index (κ2) is 5.42. The fourth-order valence-electron chi connectivity index (χ4n) is 3.95. The van der Waals surface area contributed by atoms with Crippen LogP contribution in [0.2, 0.25) is 0 Å². The quantitative estimate of drug-likeness (QED) is 0.735. The van der Waals surface area contributed by atoms with E-state index in [1.165, 1.54) is 5.57 Å². The molecule has 3 aliphatic carbocycles. The summed E-state index contributed by atoms with van der Waals surface area (Å²) in [4.78, 5) is 0. The van der Waals surface area contributed by atoms with Gasteiger partial charge in [0.25, 0.3) is 0 Å². The van der Waals surface area contributed by atoms with Gasteiger partial charge in [0.2, 0.25) is 5.54 Å². The number of allylic oxidation sites excluding steroid dienone is 12. The highest BCUT2D eigenvalue weighted by Gasteiger charge is 2.53. The van der Waals surface area contributed by atoms with Crippen LogP contribution in [-0.4, -0.2) is 0 Å². The average Bonchev–Trinajstić information content (AvgIpc) is 3.34. The molecule has 0 bridgehead atoms. The van der Waals surface area contributed by atoms with E-state index < -0.39 is 0 Å². The zero-order chi connectivity index (χ0) is 14.8. The second-order valence-corrected chi connectivity index (χ2v) is 6.00. The van der Waals surface area contributed by atoms with Gasteiger partial charge in [0.15, 0.2) is 12.4 Å². The maximum absolute atomic E-state index is 2.39. The highest BCUT2D eigenvalue weighted by molar-refractivity contribution is 5.42. The Kier molecular flexibility index (Phi) is 3.27. The molecule has 1 heterocycles. The summed E-state index contributed by atoms with van der Waals surface area (Å²) >= 11 is 0. The van der Waals surface area contributed by atoms with Gasteiger partial charge in [-0.2, -0.15) is 4.57 Å². The highest BCUT2D eigenvalue weighted by atomic mass is 15.1. The maximum Gasteiger partial charge on any atom is 0.212 e. The molecule has 1 nitrogen and oxygen atoms in total. The zero-order valence-electron chi connectivity index (χ0n) is 12.5. The maximum atomic E-state index is 2.39. The van der Waals surface area contributed by atoms with Crippen LogP contribution in [0.4, 0.5) is 0 Å². The molecule has 4 rings (SSSR count). The van der Waals surface area contributed by atoms with Crippen molar-refractivity contribution in [3.05, 3.63) is 103 Å². The van der Waals surface area contributed by atoms with Crippen LogP contribution >= 0.6 is 0 Å². The lowest BCUT2D eigenvalue weighted by Crippen LogP contribution is -2.63. The van der Waals surface area contributed by atoms with Gasteiger partial charge in [-0.3, -0.25) is 0 Å². The lowest BCUT2D eigenvalue weighted by atomic mass is 9.69. The van der Waals surface area contributed by atoms with E-state index >= 15 is 0 Å². The highest BCUT2D eigenvalue weighted by Crippen LogP contribution is 2.44. The number of hydrogen-bond donors (Lipinski definition) is 0. The van der Waals surface area contributed by atoms with E-state index in [0.29, 0.717) is 11.8 Å². The first-order valence-electron chi connectivity index (χ1n) is 7.96. The Morgan fingerprint density at radius 2 is 1.41 bits per heavy atom. The van der Waals surface area contributed by atoms with Crippen LogP contribution in [0.3, 0.4) is 0 Å². The number of hydrogen-bond acceptors (Lipinski definition) is 0. The largest absolute Gasteiger partial charge is 0.212 e. The minimum absolute atomic E-state index is 0.124. The van der Waals surface area contributed by atoms with Gasteiger partial charge in [-0.05, 0) is 6.42 Å². The van der Waals surface area contributed by atoms with Gasteiger partial charge in [0.05, 0.1) is 11.8 Å². The molecule has 1 heteroatoms. The topological polar surface area (TPSA) is 3.88 Å². The minimum atomic E-state index is -0.124. The van der Waals surface area contributed by atoms with Crippen molar-refractivity contribution < 1.29 is 4.57 Å². The molecule has 1 aromatic heterocycles. The van der Waals surface area contributed by atoms with Crippen molar-refractivity contribution in [1.82, 2.24) is 0 Å². The standard InChI is InChI=1S/C21H20N/c1-8-16-22(17-9-1)21(18-10-2-3-11-18,19-12-4-5-13-19)20-14-6-7-15-20/h1-6,8-19H,7H2/q+1. The smallest absolute Gasteiger partial charge is 0.194 e. The molecule has 0 saturated carbocycles. The Balaban J connectivity index is 1.97. The van der Waals surface area contributed by atoms with Gasteiger partial charge < -0.3 is 0 Å². The third kappa shape index (κ3) is 1.89. The van der Waals surface area contributed by atoms with Crippen LogP contribution in [0.1, 0.15) is 6.42 Å². The lowest BCUT2D eigenvalue weighted by molar-refractivity contribution is -0.763. The molecule has 0 N–H and O–H groups in total. The lowest BCUT2D eigenvalue weighted by Gasteiger charge is -2.36. The normalized spacial score (nSPS) is 20.5. The van der Waals surface area contributed by atoms with Crippen LogP contribution in [0.15, 0.2) is 103 Å². The predicted molar refractivity (Wildman–Crippen MR) is 90.0 cm³/mol. The van der Waals surface area contributed by atoms with E-state index in [2.05, 4.69) is 102 Å². The van der Waals surface area contributed by atoms with Crippen molar-refractivity contribution in [2.75, 3.05) is 0 Å². The van der Waals surface area contributed by atoms with Crippen LogP contribution in [0.5, 0.6) is 0 Å². The average molecular weight is 286 g/mol. The van der Waals surface area contributed by atoms with Crippen LogP contribution < -0.4 is 4.57 Å². The summed E-state index contributed by atoms with van der Waals surface area (Å²) in [5, 5.41) is 0. The Hall–Kier alpha value is -2.41. The van der Waals surface area contributed by atoms with Crippen molar-refractivity contribution in [2.24, 2.45) is 11.8 Å². The van der Waals surface area contributed by atoms with E-state index in [4.69, 9.17) is 0 Å². The Morgan fingerprint density at radius 3 is 1.91 bits per heavy atom. The summed E-state index contributed by atoms with van der Waals surface area (Å²) in [6.45, 7) is 0. The Bertz CT molecular complexity index is 676. The molecular formula is C21H20N+. The third-order valence-corrected chi connectivity index (χ3v) is 4.89. The van der Waals surface area contributed by atoms with Crippen molar-refractivity contribution in [3.63, 3.8) is 0 Å². The van der Waals surface area contributed by atoms with Gasteiger partial charge in [0.1, 0.15) is 0 Å². The van der Waals surface area contributed by atoms with E-state index in [1.807, 2.05) is 0 Å². The summed E-state index contributed by atoms with van der Waals surface area (Å²) < 4.78 is 2.39. The summed E-state index contributed by atoms with van der Waals surface area (Å²) in [5.41, 5.74) is 1.28. The molecule has 3 aliphatic rings. The second-order valence-electron chi connectivity index (χ2n) is 6.00. The number of aromatic nitrogens is 1. The molecule has 0 atom stereocenters.